The van der Waals surface area contributed by atoms with E-state index >= 15 is 0 Å². The van der Waals surface area contributed by atoms with Gasteiger partial charge in [0.1, 0.15) is 11.8 Å². The van der Waals surface area contributed by atoms with Crippen LogP contribution in [-0.4, -0.2) is 111 Å². The summed E-state index contributed by atoms with van der Waals surface area (Å²) in [7, 11) is 0. The Kier molecular flexibility index (Phi) is 8.45. The highest BCUT2D eigenvalue weighted by Gasteiger charge is 2.39. The number of para-hydroxylation sites is 1. The van der Waals surface area contributed by atoms with Crippen LogP contribution >= 0.6 is 0 Å². The monoisotopic (exact) mass is 712 g/mol. The van der Waals surface area contributed by atoms with Gasteiger partial charge in [-0.25, -0.2) is 9.97 Å². The molecule has 0 bridgehead atoms. The third-order valence-corrected chi connectivity index (χ3v) is 11.1. The van der Waals surface area contributed by atoms with E-state index in [-0.39, 0.29) is 35.9 Å². The number of amides is 3. The van der Waals surface area contributed by atoms with Crippen molar-refractivity contribution in [3.63, 3.8) is 0 Å². The summed E-state index contributed by atoms with van der Waals surface area (Å²) in [5.41, 5.74) is 7.37. The van der Waals surface area contributed by atoms with Crippen LogP contribution in [0, 0.1) is 0 Å². The fourth-order valence-electron chi connectivity index (χ4n) is 8.19. The summed E-state index contributed by atoms with van der Waals surface area (Å²) in [6, 6.07) is 14.8. The second kappa shape index (κ2) is 13.6. The number of aromatic hydroxyl groups is 1. The van der Waals surface area contributed by atoms with E-state index in [9.17, 15) is 19.5 Å². The molecular weight excluding hydrogens is 672 g/mol. The third kappa shape index (κ3) is 6.32. The SMILES string of the molecule is O=C1CCC(N2Cc3cc(CCN4CC=C(c5cnc(N6CCN7c8cc(-c9ccccc9O)nnc8NC[C@H]7C6)nc5)CC4)ccc3C2=O)C(=O)N1. The van der Waals surface area contributed by atoms with Gasteiger partial charge in [0.15, 0.2) is 5.82 Å². The zero-order valence-electron chi connectivity index (χ0n) is 29.2. The average Bonchev–Trinajstić information content (AvgIpc) is 3.51. The first-order valence-electron chi connectivity index (χ1n) is 18.3. The number of piperidine rings is 1. The molecule has 5 aliphatic heterocycles. The zero-order valence-corrected chi connectivity index (χ0v) is 29.2. The van der Waals surface area contributed by atoms with Crippen LogP contribution < -0.4 is 20.4 Å². The van der Waals surface area contributed by atoms with E-state index < -0.39 is 6.04 Å². The smallest absolute Gasteiger partial charge is 0.255 e. The molecule has 0 aliphatic carbocycles. The lowest BCUT2D eigenvalue weighted by Crippen LogP contribution is -2.58. The summed E-state index contributed by atoms with van der Waals surface area (Å²) in [5.74, 6) is 0.870. The molecule has 5 aliphatic rings. The van der Waals surface area contributed by atoms with Crippen molar-refractivity contribution in [1.29, 1.82) is 0 Å². The molecule has 3 amide bonds. The molecule has 2 fully saturated rings. The van der Waals surface area contributed by atoms with Gasteiger partial charge in [0.25, 0.3) is 5.91 Å². The summed E-state index contributed by atoms with van der Waals surface area (Å²) in [5, 5.41) is 25.0. The molecule has 14 nitrogen and oxygen atoms in total. The summed E-state index contributed by atoms with van der Waals surface area (Å²) in [6.07, 6.45) is 8.57. The van der Waals surface area contributed by atoms with Crippen LogP contribution in [0.25, 0.3) is 16.8 Å². The topological polar surface area (TPSA) is 160 Å². The first-order chi connectivity index (χ1) is 25.9. The van der Waals surface area contributed by atoms with E-state index in [0.717, 1.165) is 87.2 Å². The lowest BCUT2D eigenvalue weighted by molar-refractivity contribution is -0.136. The second-order valence-electron chi connectivity index (χ2n) is 14.3. The Morgan fingerprint density at radius 1 is 0.906 bits per heavy atom. The van der Waals surface area contributed by atoms with Crippen molar-refractivity contribution in [1.82, 2.24) is 35.3 Å². The number of phenols is 1. The number of benzene rings is 2. The molecule has 2 saturated heterocycles. The first-order valence-corrected chi connectivity index (χ1v) is 18.3. The van der Waals surface area contributed by atoms with Crippen molar-refractivity contribution < 1.29 is 19.5 Å². The number of hydrogen-bond donors (Lipinski definition) is 3. The summed E-state index contributed by atoms with van der Waals surface area (Å²) in [6.45, 7) is 6.17. The van der Waals surface area contributed by atoms with Crippen LogP contribution in [0.5, 0.6) is 5.75 Å². The molecule has 0 spiro atoms. The number of anilines is 3. The number of carbonyl (C=O) groups excluding carboxylic acids is 3. The molecule has 14 heteroatoms. The number of carbonyl (C=O) groups is 3. The van der Waals surface area contributed by atoms with Crippen molar-refractivity contribution in [2.45, 2.75) is 44.3 Å². The van der Waals surface area contributed by atoms with Gasteiger partial charge in [-0.05, 0) is 60.2 Å². The highest BCUT2D eigenvalue weighted by Crippen LogP contribution is 2.36. The maximum absolute atomic E-state index is 13.1. The quantitative estimate of drug-likeness (QED) is 0.241. The van der Waals surface area contributed by atoms with Crippen molar-refractivity contribution in [3.8, 4) is 17.0 Å². The third-order valence-electron chi connectivity index (χ3n) is 11.1. The standard InChI is InChI=1S/C39H40N10O4/c50-34-4-2-1-3-30(34)31-18-33-36(45-44-31)40-21-28-23-47(15-16-48(28)33)39-41-19-27(20-42-39)25-10-13-46(14-11-25)12-9-24-5-6-29-26(17-24)22-49(38(29)53)32-7-8-35(51)43-37(32)52/h1-6,10,17-20,28,32,50H,7-9,11-16,21-23H2,(H,40,45)(H,43,51,52)/t28-,32?/m0/s1. The molecular formula is C39H40N10O4. The molecule has 0 radical (unpaired) electrons. The van der Waals surface area contributed by atoms with Crippen molar-refractivity contribution in [2.75, 3.05) is 60.9 Å². The number of hydrogen-bond acceptors (Lipinski definition) is 12. The Labute approximate surface area is 306 Å². The summed E-state index contributed by atoms with van der Waals surface area (Å²) < 4.78 is 0. The Hall–Kier alpha value is -5.89. The molecule has 7 heterocycles. The van der Waals surface area contributed by atoms with Crippen LogP contribution in [0.3, 0.4) is 0 Å². The fourth-order valence-corrected chi connectivity index (χ4v) is 8.19. The Morgan fingerprint density at radius 3 is 2.58 bits per heavy atom. The Morgan fingerprint density at radius 2 is 1.77 bits per heavy atom. The van der Waals surface area contributed by atoms with E-state index in [0.29, 0.717) is 29.8 Å². The van der Waals surface area contributed by atoms with Crippen molar-refractivity contribution in [2.24, 2.45) is 0 Å². The first kappa shape index (κ1) is 33.0. The molecule has 2 atom stereocenters. The van der Waals surface area contributed by atoms with E-state index in [2.05, 4.69) is 47.7 Å². The summed E-state index contributed by atoms with van der Waals surface area (Å²) in [4.78, 5) is 55.3. The average molecular weight is 713 g/mol. The molecule has 4 aromatic rings. The lowest BCUT2D eigenvalue weighted by atomic mass is 10.0. The minimum atomic E-state index is -0.598. The number of nitrogens with zero attached hydrogens (tertiary/aromatic N) is 8. The van der Waals surface area contributed by atoms with Crippen LogP contribution in [0.15, 0.2) is 67.0 Å². The van der Waals surface area contributed by atoms with Crippen LogP contribution in [0.4, 0.5) is 17.5 Å². The normalized spacial score (nSPS) is 21.4. The van der Waals surface area contributed by atoms with Gasteiger partial charge in [0.05, 0.1) is 17.4 Å². The van der Waals surface area contributed by atoms with Gasteiger partial charge in [-0.3, -0.25) is 24.6 Å². The highest BCUT2D eigenvalue weighted by molar-refractivity contribution is 6.05. The predicted octanol–water partition coefficient (Wildman–Crippen LogP) is 2.85. The predicted molar refractivity (Wildman–Crippen MR) is 198 cm³/mol. The van der Waals surface area contributed by atoms with E-state index in [1.165, 1.54) is 11.1 Å². The van der Waals surface area contributed by atoms with E-state index in [4.69, 9.17) is 9.97 Å². The van der Waals surface area contributed by atoms with Crippen LogP contribution in [-0.2, 0) is 22.6 Å². The highest BCUT2D eigenvalue weighted by atomic mass is 16.3. The number of imide groups is 1. The van der Waals surface area contributed by atoms with Crippen LogP contribution in [0.1, 0.15) is 46.3 Å². The minimum absolute atomic E-state index is 0.140. The van der Waals surface area contributed by atoms with Gasteiger partial charge in [0.2, 0.25) is 17.8 Å². The molecule has 53 heavy (non-hydrogen) atoms. The Balaban J connectivity index is 0.785. The Bertz CT molecular complexity index is 2140. The van der Waals surface area contributed by atoms with Crippen molar-refractivity contribution >= 4 is 40.7 Å². The molecule has 2 aromatic heterocycles. The largest absolute Gasteiger partial charge is 0.507 e. The van der Waals surface area contributed by atoms with Gasteiger partial charge in [0, 0.05) is 87.9 Å². The van der Waals surface area contributed by atoms with Gasteiger partial charge >= 0.3 is 0 Å². The number of phenolic OH excluding ortho intramolecular Hbond substituents is 1. The van der Waals surface area contributed by atoms with Crippen molar-refractivity contribution in [3.05, 3.63) is 89.3 Å². The van der Waals surface area contributed by atoms with Crippen LogP contribution in [0.2, 0.25) is 0 Å². The van der Waals surface area contributed by atoms with E-state index in [1.807, 2.05) is 42.7 Å². The number of aromatic nitrogens is 4. The van der Waals surface area contributed by atoms with Gasteiger partial charge in [-0.15, -0.1) is 10.2 Å². The second-order valence-corrected chi connectivity index (χ2v) is 14.3. The number of piperazine rings is 1. The zero-order chi connectivity index (χ0) is 36.1. The van der Waals surface area contributed by atoms with Gasteiger partial charge in [-0.1, -0.05) is 30.3 Å². The number of rotatable bonds is 7. The minimum Gasteiger partial charge on any atom is -0.507 e. The van der Waals surface area contributed by atoms with Gasteiger partial charge < -0.3 is 25.1 Å². The molecule has 1 unspecified atom stereocenters. The molecule has 270 valence electrons. The maximum Gasteiger partial charge on any atom is 0.255 e. The molecule has 2 aromatic carbocycles. The van der Waals surface area contributed by atoms with Gasteiger partial charge in [-0.2, -0.15) is 0 Å². The number of fused-ring (bicyclic) bond motifs is 4. The fraction of sp³-hybridized carbons (Fsp3) is 0.359. The van der Waals surface area contributed by atoms with E-state index in [1.54, 1.807) is 17.0 Å². The molecule has 3 N–H and O–H groups in total. The lowest BCUT2D eigenvalue weighted by Gasteiger charge is -2.45. The molecule has 9 rings (SSSR count). The maximum atomic E-state index is 13.1. The summed E-state index contributed by atoms with van der Waals surface area (Å²) >= 11 is 0. The number of nitrogens with one attached hydrogen (secondary N) is 2. The molecule has 0 saturated carbocycles.